The van der Waals surface area contributed by atoms with Crippen molar-refractivity contribution >= 4 is 27.5 Å². The molecule has 102 valence electrons. The first-order valence-corrected chi connectivity index (χ1v) is 6.81. The summed E-state index contributed by atoms with van der Waals surface area (Å²) >= 11 is 0. The fourth-order valence-corrected chi connectivity index (χ4v) is 2.64. The highest BCUT2D eigenvalue weighted by Crippen LogP contribution is 2.29. The third kappa shape index (κ3) is 1.99. The van der Waals surface area contributed by atoms with Crippen LogP contribution >= 0.6 is 0 Å². The molecule has 3 aromatic rings. The Labute approximate surface area is 117 Å². The second-order valence-electron chi connectivity index (χ2n) is 5.08. The molecule has 3 rings (SSSR count). The Morgan fingerprint density at radius 1 is 1.30 bits per heavy atom. The zero-order valence-electron chi connectivity index (χ0n) is 11.6. The maximum absolute atomic E-state index is 12.5. The topological polar surface area (TPSA) is 17.8 Å². The van der Waals surface area contributed by atoms with Gasteiger partial charge in [0, 0.05) is 18.1 Å². The minimum atomic E-state index is -0.300. The third-order valence-corrected chi connectivity index (χ3v) is 3.63. The first-order chi connectivity index (χ1) is 9.72. The second kappa shape index (κ2) is 5.08. The highest BCUT2D eigenvalue weighted by molar-refractivity contribution is 6.06. The van der Waals surface area contributed by atoms with Crippen molar-refractivity contribution in [2.45, 2.75) is 19.9 Å². The lowest BCUT2D eigenvalue weighted by Crippen LogP contribution is -1.98. The Kier molecular flexibility index (Phi) is 3.26. The number of aromatic nitrogens is 2. The average Bonchev–Trinajstić information content (AvgIpc) is 2.78. The molecule has 20 heavy (non-hydrogen) atoms. The fourth-order valence-electron chi connectivity index (χ4n) is 2.64. The molecule has 0 N–H and O–H groups in total. The van der Waals surface area contributed by atoms with E-state index in [1.807, 2.05) is 19.1 Å². The quantitative estimate of drug-likeness (QED) is 0.677. The van der Waals surface area contributed by atoms with E-state index in [1.165, 1.54) is 0 Å². The van der Waals surface area contributed by atoms with Crippen LogP contribution < -0.4 is 0 Å². The van der Waals surface area contributed by atoms with Crippen molar-refractivity contribution in [2.24, 2.45) is 0 Å². The van der Waals surface area contributed by atoms with Crippen LogP contribution in [-0.4, -0.2) is 16.2 Å². The second-order valence-corrected chi connectivity index (χ2v) is 5.08. The van der Waals surface area contributed by atoms with Crippen molar-refractivity contribution in [3.05, 3.63) is 48.7 Å². The van der Waals surface area contributed by atoms with Crippen molar-refractivity contribution in [3.8, 4) is 0 Å². The van der Waals surface area contributed by atoms with Crippen LogP contribution in [0.4, 0.5) is 4.39 Å². The normalized spacial score (nSPS) is 11.3. The van der Waals surface area contributed by atoms with Gasteiger partial charge in [0.1, 0.15) is 0 Å². The molecule has 0 saturated heterocycles. The van der Waals surface area contributed by atoms with Crippen LogP contribution in [0.1, 0.15) is 18.9 Å². The number of halogens is 1. The van der Waals surface area contributed by atoms with E-state index < -0.39 is 0 Å². The van der Waals surface area contributed by atoms with Crippen LogP contribution in [0.15, 0.2) is 43.1 Å². The summed E-state index contributed by atoms with van der Waals surface area (Å²) in [5.74, 6) is 0. The summed E-state index contributed by atoms with van der Waals surface area (Å²) in [4.78, 5) is 4.49. The maximum Gasteiger partial charge on any atom is 0.0959 e. The van der Waals surface area contributed by atoms with Gasteiger partial charge in [0.2, 0.25) is 0 Å². The van der Waals surface area contributed by atoms with E-state index in [2.05, 4.69) is 34.3 Å². The van der Waals surface area contributed by atoms with Crippen LogP contribution in [0.3, 0.4) is 0 Å². The Morgan fingerprint density at radius 2 is 2.15 bits per heavy atom. The van der Waals surface area contributed by atoms with E-state index >= 15 is 0 Å². The highest BCUT2D eigenvalue weighted by Gasteiger charge is 2.11. The highest BCUT2D eigenvalue weighted by atomic mass is 19.1. The molecule has 0 unspecified atom stereocenters. The lowest BCUT2D eigenvalue weighted by molar-refractivity contribution is 0.452. The molecule has 0 radical (unpaired) electrons. The molecule has 0 aliphatic heterocycles. The van der Waals surface area contributed by atoms with Crippen molar-refractivity contribution in [1.82, 2.24) is 9.55 Å². The van der Waals surface area contributed by atoms with Crippen molar-refractivity contribution in [3.63, 3.8) is 0 Å². The summed E-state index contributed by atoms with van der Waals surface area (Å²) in [6, 6.07) is 10.2. The number of hydrogen-bond donors (Lipinski definition) is 0. The van der Waals surface area contributed by atoms with Gasteiger partial charge in [-0.1, -0.05) is 18.2 Å². The number of hydrogen-bond acceptors (Lipinski definition) is 1. The van der Waals surface area contributed by atoms with Gasteiger partial charge in [0.25, 0.3) is 0 Å². The minimum absolute atomic E-state index is 0.300. The van der Waals surface area contributed by atoms with Crippen LogP contribution in [0.25, 0.3) is 27.5 Å². The minimum Gasteiger partial charge on any atom is -0.339 e. The lowest BCUT2D eigenvalue weighted by Gasteiger charge is -2.06. The van der Waals surface area contributed by atoms with Crippen LogP contribution in [0.2, 0.25) is 0 Å². The number of allylic oxidation sites excluding steroid dienone is 1. The van der Waals surface area contributed by atoms with E-state index in [4.69, 9.17) is 0 Å². The molecule has 0 aliphatic rings. The Bertz CT molecular complexity index is 786. The molecule has 0 fully saturated rings. The summed E-state index contributed by atoms with van der Waals surface area (Å²) in [7, 11) is 0. The van der Waals surface area contributed by atoms with Crippen LogP contribution in [-0.2, 0) is 6.54 Å². The number of nitrogens with zero attached hydrogens (tertiary/aromatic N) is 2. The number of benzene rings is 1. The Balaban J connectivity index is 2.32. The average molecular weight is 268 g/mol. The largest absolute Gasteiger partial charge is 0.339 e. The van der Waals surface area contributed by atoms with Crippen molar-refractivity contribution < 1.29 is 4.39 Å². The molecule has 0 amide bonds. The fraction of sp³-hybridized carbons (Fsp3) is 0.235. The molecule has 0 spiro atoms. The van der Waals surface area contributed by atoms with E-state index in [0.717, 1.165) is 33.1 Å². The van der Waals surface area contributed by atoms with E-state index in [9.17, 15) is 4.39 Å². The van der Waals surface area contributed by atoms with Gasteiger partial charge in [-0.15, -0.1) is 0 Å². The van der Waals surface area contributed by atoms with E-state index in [0.29, 0.717) is 13.0 Å². The lowest BCUT2D eigenvalue weighted by atomic mass is 10.1. The third-order valence-electron chi connectivity index (χ3n) is 3.63. The number of rotatable bonds is 4. The predicted molar refractivity (Wildman–Crippen MR) is 82.5 cm³/mol. The summed E-state index contributed by atoms with van der Waals surface area (Å²) in [6.07, 6.45) is 2.32. The van der Waals surface area contributed by atoms with Gasteiger partial charge in [-0.3, -0.25) is 9.37 Å². The molecule has 2 nitrogen and oxygen atoms in total. The first kappa shape index (κ1) is 12.9. The molecule has 0 saturated carbocycles. The number of alkyl halides is 1. The standard InChI is InChI=1S/C17H17FN2/c1-12(2)13-6-7-15-14(11-13)17-16(5-3-9-19-17)20(15)10-4-8-18/h3,5-7,9,11H,1,4,8,10H2,2H3. The van der Waals surface area contributed by atoms with Crippen molar-refractivity contribution in [1.29, 1.82) is 0 Å². The predicted octanol–water partition coefficient (Wildman–Crippen LogP) is 4.58. The smallest absolute Gasteiger partial charge is 0.0959 e. The van der Waals surface area contributed by atoms with E-state index in [-0.39, 0.29) is 6.67 Å². The Hall–Kier alpha value is -2.16. The van der Waals surface area contributed by atoms with Crippen molar-refractivity contribution in [2.75, 3.05) is 6.67 Å². The molecule has 0 atom stereocenters. The summed E-state index contributed by atoms with van der Waals surface area (Å²) < 4.78 is 14.7. The molecule has 1 aromatic carbocycles. The maximum atomic E-state index is 12.5. The van der Waals surface area contributed by atoms with Gasteiger partial charge in [-0.25, -0.2) is 0 Å². The van der Waals surface area contributed by atoms with E-state index in [1.54, 1.807) is 6.20 Å². The molecule has 0 bridgehead atoms. The van der Waals surface area contributed by atoms with Gasteiger partial charge >= 0.3 is 0 Å². The molecular weight excluding hydrogens is 251 g/mol. The molecule has 2 aromatic heterocycles. The SMILES string of the molecule is C=C(C)c1ccc2c(c1)c1ncccc1n2CCCF. The van der Waals surface area contributed by atoms with Gasteiger partial charge in [-0.05, 0) is 43.2 Å². The molecular formula is C17H17FN2. The summed E-state index contributed by atoms with van der Waals surface area (Å²) in [5, 5.41) is 1.11. The summed E-state index contributed by atoms with van der Waals surface area (Å²) in [5.41, 5.74) is 5.30. The zero-order chi connectivity index (χ0) is 14.1. The van der Waals surface area contributed by atoms with Gasteiger partial charge in [0.05, 0.1) is 23.2 Å². The monoisotopic (exact) mass is 268 g/mol. The molecule has 2 heterocycles. The van der Waals surface area contributed by atoms with Gasteiger partial charge in [0.15, 0.2) is 0 Å². The van der Waals surface area contributed by atoms with Gasteiger partial charge < -0.3 is 4.57 Å². The van der Waals surface area contributed by atoms with Crippen LogP contribution in [0, 0.1) is 0 Å². The number of fused-ring (bicyclic) bond motifs is 3. The number of aryl methyl sites for hydroxylation is 1. The number of pyridine rings is 1. The molecule has 3 heteroatoms. The van der Waals surface area contributed by atoms with Crippen LogP contribution in [0.5, 0.6) is 0 Å². The Morgan fingerprint density at radius 3 is 2.90 bits per heavy atom. The molecule has 0 aliphatic carbocycles. The first-order valence-electron chi connectivity index (χ1n) is 6.81. The zero-order valence-corrected chi connectivity index (χ0v) is 11.6. The summed E-state index contributed by atoms with van der Waals surface area (Å²) in [6.45, 7) is 6.36. The van der Waals surface area contributed by atoms with Gasteiger partial charge in [-0.2, -0.15) is 0 Å².